The van der Waals surface area contributed by atoms with Gasteiger partial charge >= 0.3 is 6.61 Å². The van der Waals surface area contributed by atoms with Gasteiger partial charge in [0.1, 0.15) is 17.3 Å². The summed E-state index contributed by atoms with van der Waals surface area (Å²) in [4.78, 5) is 8.39. The molecule has 0 aliphatic heterocycles. The molecule has 0 aliphatic carbocycles. The average Bonchev–Trinajstić information content (AvgIpc) is 2.78. The standard InChI is InChI=1S/C22H31F2N5O2.HI/c1-3-14-30-18-10-9-17(19(15-18)31-21(23)24)16-29-22(25-2)28-13-7-6-12-27-20-8-4-5-11-26-20;/h4-5,8-11,15,21H,3,6-7,12-14,16H2,1-2H3,(H,26,27)(H2,25,28,29);1H. The van der Waals surface area contributed by atoms with Crippen molar-refractivity contribution in [2.24, 2.45) is 4.99 Å². The van der Waals surface area contributed by atoms with Gasteiger partial charge in [-0.1, -0.05) is 13.0 Å². The van der Waals surface area contributed by atoms with E-state index in [1.807, 2.05) is 25.1 Å². The predicted octanol–water partition coefficient (Wildman–Crippen LogP) is 4.65. The summed E-state index contributed by atoms with van der Waals surface area (Å²) in [6.45, 7) is 1.43. The maximum atomic E-state index is 12.8. The molecule has 2 rings (SSSR count). The van der Waals surface area contributed by atoms with Gasteiger partial charge in [-0.2, -0.15) is 8.78 Å². The van der Waals surface area contributed by atoms with Crippen molar-refractivity contribution in [1.29, 1.82) is 0 Å². The number of halogens is 3. The number of guanidine groups is 1. The summed E-state index contributed by atoms with van der Waals surface area (Å²) in [6.07, 6.45) is 4.48. The van der Waals surface area contributed by atoms with Crippen molar-refractivity contribution in [2.75, 3.05) is 32.1 Å². The van der Waals surface area contributed by atoms with E-state index < -0.39 is 6.61 Å². The van der Waals surface area contributed by atoms with Gasteiger partial charge in [-0.3, -0.25) is 4.99 Å². The van der Waals surface area contributed by atoms with Crippen molar-refractivity contribution in [3.8, 4) is 11.5 Å². The van der Waals surface area contributed by atoms with E-state index in [0.29, 0.717) is 23.9 Å². The molecule has 0 bridgehead atoms. The van der Waals surface area contributed by atoms with Crippen LogP contribution >= 0.6 is 24.0 Å². The van der Waals surface area contributed by atoms with Crippen molar-refractivity contribution in [3.63, 3.8) is 0 Å². The zero-order chi connectivity index (χ0) is 22.3. The highest BCUT2D eigenvalue weighted by atomic mass is 127. The minimum atomic E-state index is -2.91. The summed E-state index contributed by atoms with van der Waals surface area (Å²) < 4.78 is 35.8. The SMILES string of the molecule is CCCOc1ccc(CNC(=NC)NCCCCNc2ccccn2)c(OC(F)F)c1.I. The van der Waals surface area contributed by atoms with Gasteiger partial charge in [0.05, 0.1) is 6.61 Å². The van der Waals surface area contributed by atoms with Gasteiger partial charge in [-0.15, -0.1) is 24.0 Å². The number of hydrogen-bond donors (Lipinski definition) is 3. The minimum absolute atomic E-state index is 0. The molecule has 1 heterocycles. The summed E-state index contributed by atoms with van der Waals surface area (Å²) >= 11 is 0. The zero-order valence-electron chi connectivity index (χ0n) is 18.4. The normalized spacial score (nSPS) is 11.0. The summed E-state index contributed by atoms with van der Waals surface area (Å²) in [7, 11) is 1.66. The second-order valence-corrected chi connectivity index (χ2v) is 6.70. The molecule has 1 aromatic carbocycles. The van der Waals surface area contributed by atoms with E-state index in [0.717, 1.165) is 38.2 Å². The van der Waals surface area contributed by atoms with Crippen LogP contribution in [0.5, 0.6) is 11.5 Å². The molecule has 0 spiro atoms. The highest BCUT2D eigenvalue weighted by molar-refractivity contribution is 14.0. The molecule has 0 amide bonds. The third-order valence-electron chi connectivity index (χ3n) is 4.26. The number of nitrogens with one attached hydrogen (secondary N) is 3. The third-order valence-corrected chi connectivity index (χ3v) is 4.26. The summed E-state index contributed by atoms with van der Waals surface area (Å²) in [5.41, 5.74) is 0.589. The van der Waals surface area contributed by atoms with Crippen LogP contribution in [-0.2, 0) is 6.54 Å². The van der Waals surface area contributed by atoms with Gasteiger partial charge in [0.25, 0.3) is 0 Å². The van der Waals surface area contributed by atoms with Gasteiger partial charge in [0, 0.05) is 44.5 Å². The van der Waals surface area contributed by atoms with Crippen LogP contribution in [0, 0.1) is 0 Å². The van der Waals surface area contributed by atoms with Gasteiger partial charge in [0.15, 0.2) is 5.96 Å². The molecule has 178 valence electrons. The van der Waals surface area contributed by atoms with Crippen LogP contribution in [0.4, 0.5) is 14.6 Å². The first kappa shape index (κ1) is 27.7. The molecule has 3 N–H and O–H groups in total. The first-order valence-electron chi connectivity index (χ1n) is 10.4. The molecule has 0 fully saturated rings. The van der Waals surface area contributed by atoms with Crippen molar-refractivity contribution >= 4 is 35.8 Å². The number of alkyl halides is 2. The van der Waals surface area contributed by atoms with Crippen molar-refractivity contribution in [2.45, 2.75) is 39.3 Å². The molecule has 0 unspecified atom stereocenters. The molecule has 32 heavy (non-hydrogen) atoms. The Bertz CT molecular complexity index is 797. The quantitative estimate of drug-likeness (QED) is 0.143. The highest BCUT2D eigenvalue weighted by Gasteiger charge is 2.12. The lowest BCUT2D eigenvalue weighted by molar-refractivity contribution is -0.0505. The first-order chi connectivity index (χ1) is 15.1. The van der Waals surface area contributed by atoms with E-state index in [4.69, 9.17) is 4.74 Å². The monoisotopic (exact) mass is 563 g/mol. The van der Waals surface area contributed by atoms with Gasteiger partial charge in [-0.25, -0.2) is 4.98 Å². The maximum Gasteiger partial charge on any atom is 0.387 e. The number of anilines is 1. The number of aliphatic imine (C=N–C) groups is 1. The second-order valence-electron chi connectivity index (χ2n) is 6.70. The Hall–Kier alpha value is -2.37. The van der Waals surface area contributed by atoms with E-state index in [1.165, 1.54) is 6.07 Å². The third kappa shape index (κ3) is 10.8. The van der Waals surface area contributed by atoms with Gasteiger partial charge in [-0.05, 0) is 43.5 Å². The fourth-order valence-electron chi connectivity index (χ4n) is 2.74. The average molecular weight is 563 g/mol. The fourth-order valence-corrected chi connectivity index (χ4v) is 2.74. The maximum absolute atomic E-state index is 12.8. The lowest BCUT2D eigenvalue weighted by Crippen LogP contribution is -2.37. The molecule has 7 nitrogen and oxygen atoms in total. The van der Waals surface area contributed by atoms with E-state index in [2.05, 4.69) is 30.7 Å². The Balaban J connectivity index is 0.00000512. The van der Waals surface area contributed by atoms with Crippen LogP contribution < -0.4 is 25.4 Å². The number of aromatic nitrogens is 1. The van der Waals surface area contributed by atoms with E-state index >= 15 is 0 Å². The number of benzene rings is 1. The van der Waals surface area contributed by atoms with Gasteiger partial charge < -0.3 is 25.4 Å². The molecule has 0 saturated heterocycles. The lowest BCUT2D eigenvalue weighted by Gasteiger charge is -2.16. The lowest BCUT2D eigenvalue weighted by atomic mass is 10.2. The Morgan fingerprint density at radius 2 is 1.94 bits per heavy atom. The summed E-state index contributed by atoms with van der Waals surface area (Å²) in [6, 6.07) is 10.7. The van der Waals surface area contributed by atoms with E-state index in [9.17, 15) is 8.78 Å². The summed E-state index contributed by atoms with van der Waals surface area (Å²) in [5, 5.41) is 9.61. The van der Waals surface area contributed by atoms with Crippen LogP contribution in [0.25, 0.3) is 0 Å². The van der Waals surface area contributed by atoms with Crippen LogP contribution in [0.1, 0.15) is 31.7 Å². The smallest absolute Gasteiger partial charge is 0.387 e. The number of rotatable bonds is 13. The molecule has 2 aromatic rings. The Morgan fingerprint density at radius 3 is 2.62 bits per heavy atom. The zero-order valence-corrected chi connectivity index (χ0v) is 20.8. The highest BCUT2D eigenvalue weighted by Crippen LogP contribution is 2.26. The number of pyridine rings is 1. The van der Waals surface area contributed by atoms with Crippen LogP contribution in [0.3, 0.4) is 0 Å². The second kappa shape index (κ2) is 16.3. The van der Waals surface area contributed by atoms with E-state index in [1.54, 1.807) is 25.4 Å². The molecule has 0 saturated carbocycles. The van der Waals surface area contributed by atoms with Crippen LogP contribution in [0.2, 0.25) is 0 Å². The van der Waals surface area contributed by atoms with E-state index in [-0.39, 0.29) is 36.3 Å². The van der Waals surface area contributed by atoms with Crippen LogP contribution in [-0.4, -0.2) is 44.3 Å². The van der Waals surface area contributed by atoms with Gasteiger partial charge in [0.2, 0.25) is 0 Å². The number of unbranched alkanes of at least 4 members (excludes halogenated alkanes) is 1. The molecular formula is C22H32F2IN5O2. The Kier molecular flexibility index (Phi) is 14.1. The van der Waals surface area contributed by atoms with Crippen molar-refractivity contribution in [1.82, 2.24) is 15.6 Å². The topological polar surface area (TPSA) is 79.8 Å². The largest absolute Gasteiger partial charge is 0.493 e. The molecule has 0 atom stereocenters. The molecule has 0 radical (unpaired) electrons. The Labute approximate surface area is 205 Å². The molecule has 1 aromatic heterocycles. The predicted molar refractivity (Wildman–Crippen MR) is 134 cm³/mol. The first-order valence-corrected chi connectivity index (χ1v) is 10.4. The molecule has 0 aliphatic rings. The van der Waals surface area contributed by atoms with Crippen molar-refractivity contribution in [3.05, 3.63) is 48.2 Å². The summed E-state index contributed by atoms with van der Waals surface area (Å²) in [5.74, 6) is 2.04. The van der Waals surface area contributed by atoms with Crippen molar-refractivity contribution < 1.29 is 18.3 Å². The Morgan fingerprint density at radius 1 is 1.12 bits per heavy atom. The number of ether oxygens (including phenoxy) is 2. The fraction of sp³-hybridized carbons (Fsp3) is 0.455. The molecular weight excluding hydrogens is 531 g/mol. The number of nitrogens with zero attached hydrogens (tertiary/aromatic N) is 2. The minimum Gasteiger partial charge on any atom is -0.493 e. The molecule has 10 heteroatoms. The number of hydrogen-bond acceptors (Lipinski definition) is 5. The van der Waals surface area contributed by atoms with Crippen LogP contribution in [0.15, 0.2) is 47.6 Å².